The van der Waals surface area contributed by atoms with Crippen LogP contribution in [-0.2, 0) is 12.8 Å². The first-order valence-corrected chi connectivity index (χ1v) is 28.7. The number of fused-ring (bicyclic) bond motifs is 2. The maximum absolute atomic E-state index is 14.1. The van der Waals surface area contributed by atoms with E-state index in [9.17, 15) is 43.9 Å². The Hall–Kier alpha value is -5.95. The number of allylic oxidation sites excluding steroid dienone is 2. The largest absolute Gasteiger partial charge is 0.494 e. The lowest BCUT2D eigenvalue weighted by Crippen LogP contribution is -2.36. The predicted octanol–water partition coefficient (Wildman–Crippen LogP) is 20.3. The van der Waals surface area contributed by atoms with E-state index in [0.717, 1.165) is 49.7 Å². The molecule has 13 heteroatoms. The summed E-state index contributed by atoms with van der Waals surface area (Å²) in [6.07, 6.45) is -6.54. The van der Waals surface area contributed by atoms with Crippen molar-refractivity contribution >= 4 is 34.1 Å². The minimum absolute atomic E-state index is 0.0216. The molecule has 2 atom stereocenters. The molecule has 0 amide bonds. The Bertz CT molecular complexity index is 2710. The highest BCUT2D eigenvalue weighted by atomic mass is 32.2. The molecule has 0 saturated carbocycles. The summed E-state index contributed by atoms with van der Waals surface area (Å²) >= 11 is 1.29. The van der Waals surface area contributed by atoms with Crippen LogP contribution in [0.5, 0.6) is 11.5 Å². The van der Waals surface area contributed by atoms with Crippen molar-refractivity contribution in [2.45, 2.75) is 150 Å². The maximum Gasteiger partial charge on any atom is 0.453 e. The molecule has 2 unspecified atom stereocenters. The van der Waals surface area contributed by atoms with E-state index >= 15 is 0 Å². The van der Waals surface area contributed by atoms with Crippen LogP contribution in [-0.4, -0.2) is 47.9 Å². The summed E-state index contributed by atoms with van der Waals surface area (Å²) < 4.78 is 148. The van der Waals surface area contributed by atoms with Gasteiger partial charge in [-0.25, -0.2) is 0 Å². The van der Waals surface area contributed by atoms with E-state index in [1.54, 1.807) is 0 Å². The van der Waals surface area contributed by atoms with Crippen molar-refractivity contribution in [3.63, 3.8) is 0 Å². The second-order valence-corrected chi connectivity index (χ2v) is 22.4. The molecule has 6 aromatic carbocycles. The summed E-state index contributed by atoms with van der Waals surface area (Å²) in [5, 5.41) is -0.919. The summed E-state index contributed by atoms with van der Waals surface area (Å²) in [4.78, 5) is 0. The lowest BCUT2D eigenvalue weighted by molar-refractivity contribution is -0.284. The SMILES string of the molecule is FC(F)(F)C(F)(F)CCCC(CCCCOc1ccc(C2=C(c3ccccc3)CCCc3ccccc32)cc1)SC(CCCCOc1ccc(C2=C(c3ccccc3)CCCc3ccccc32)cc1)CCCC(F)(F)C(F)(F)F. The van der Waals surface area contributed by atoms with Crippen LogP contribution in [0.1, 0.15) is 147 Å². The van der Waals surface area contributed by atoms with Crippen LogP contribution >= 0.6 is 11.8 Å². The standard InChI is InChI=1S/C66H68F10O2S/c67-63(68,65(71,72)73)43-17-29-55(27-11-13-45-77-53-39-35-51(36-40-53)61-57-31-9-7-23-49(57)25-15-33-59(61)47-19-3-1-4-20-47)79-56(30-18-44-64(69,70)66(74,75)76)28-12-14-46-78-54-41-37-52(38-42-54)62-58-32-10-8-24-50(58)26-16-34-60(62)48-21-5-2-6-22-48/h1-10,19-24,31-32,35-42,55-56H,11-18,25-30,33-34,43-46H2. The van der Waals surface area contributed by atoms with E-state index in [4.69, 9.17) is 9.47 Å². The number of alkyl halides is 10. The van der Waals surface area contributed by atoms with Crippen molar-refractivity contribution in [2.24, 2.45) is 0 Å². The highest BCUT2D eigenvalue weighted by molar-refractivity contribution is 8.00. The third-order valence-electron chi connectivity index (χ3n) is 15.1. The summed E-state index contributed by atoms with van der Waals surface area (Å²) in [5.74, 6) is -8.51. The second kappa shape index (κ2) is 27.5. The van der Waals surface area contributed by atoms with Gasteiger partial charge >= 0.3 is 24.2 Å². The van der Waals surface area contributed by atoms with Crippen LogP contribution in [0.15, 0.2) is 158 Å². The van der Waals surface area contributed by atoms with Gasteiger partial charge in [-0.1, -0.05) is 133 Å². The van der Waals surface area contributed by atoms with Crippen LogP contribution in [0.3, 0.4) is 0 Å². The third-order valence-corrected chi connectivity index (χ3v) is 16.8. The van der Waals surface area contributed by atoms with Crippen molar-refractivity contribution in [2.75, 3.05) is 13.2 Å². The van der Waals surface area contributed by atoms with Crippen molar-refractivity contribution in [3.8, 4) is 11.5 Å². The van der Waals surface area contributed by atoms with Gasteiger partial charge in [0.05, 0.1) is 13.2 Å². The molecule has 0 spiro atoms. The number of ether oxygens (including phenoxy) is 2. The average molecular weight is 1120 g/mol. The average Bonchev–Trinajstić information content (AvgIpc) is 3.88. The molecular formula is C66H68F10O2S. The monoisotopic (exact) mass is 1110 g/mol. The number of hydrogen-bond donors (Lipinski definition) is 0. The van der Waals surface area contributed by atoms with Gasteiger partial charge in [0.15, 0.2) is 0 Å². The zero-order chi connectivity index (χ0) is 55.9. The zero-order valence-corrected chi connectivity index (χ0v) is 45.1. The van der Waals surface area contributed by atoms with Gasteiger partial charge in [-0.3, -0.25) is 0 Å². The first-order chi connectivity index (χ1) is 38.0. The van der Waals surface area contributed by atoms with E-state index in [2.05, 4.69) is 72.8 Å². The van der Waals surface area contributed by atoms with Gasteiger partial charge in [0.25, 0.3) is 0 Å². The van der Waals surface area contributed by atoms with Crippen LogP contribution in [0.25, 0.3) is 22.3 Å². The van der Waals surface area contributed by atoms with Gasteiger partial charge in [-0.05, 0) is 194 Å². The molecule has 0 fully saturated rings. The molecule has 0 N–H and O–H groups in total. The number of thioether (sulfide) groups is 1. The Morgan fingerprint density at radius 1 is 0.367 bits per heavy atom. The van der Waals surface area contributed by atoms with Gasteiger partial charge in [0.1, 0.15) is 11.5 Å². The molecule has 0 saturated heterocycles. The Kier molecular flexibility index (Phi) is 20.6. The Morgan fingerprint density at radius 3 is 1.10 bits per heavy atom. The quantitative estimate of drug-likeness (QED) is 0.0398. The lowest BCUT2D eigenvalue weighted by Gasteiger charge is -2.26. The van der Waals surface area contributed by atoms with Gasteiger partial charge < -0.3 is 9.47 Å². The summed E-state index contributed by atoms with van der Waals surface area (Å²) in [6, 6.07) is 53.5. The molecule has 0 bridgehead atoms. The smallest absolute Gasteiger partial charge is 0.453 e. The molecule has 2 aliphatic carbocycles. The Labute approximate surface area is 462 Å². The van der Waals surface area contributed by atoms with Crippen LogP contribution < -0.4 is 9.47 Å². The minimum Gasteiger partial charge on any atom is -0.494 e. The van der Waals surface area contributed by atoms with Gasteiger partial charge in [-0.2, -0.15) is 55.7 Å². The first-order valence-electron chi connectivity index (χ1n) is 27.7. The van der Waals surface area contributed by atoms with Crippen molar-refractivity contribution in [1.82, 2.24) is 0 Å². The van der Waals surface area contributed by atoms with E-state index in [0.29, 0.717) is 63.2 Å². The molecular weight excluding hydrogens is 1050 g/mol. The van der Waals surface area contributed by atoms with Crippen LogP contribution in [0.2, 0.25) is 0 Å². The van der Waals surface area contributed by atoms with Crippen LogP contribution in [0, 0.1) is 0 Å². The van der Waals surface area contributed by atoms with Crippen molar-refractivity contribution in [1.29, 1.82) is 0 Å². The van der Waals surface area contributed by atoms with E-state index in [1.807, 2.05) is 84.9 Å². The molecule has 6 aromatic rings. The maximum atomic E-state index is 14.1. The summed E-state index contributed by atoms with van der Waals surface area (Å²) in [6.45, 7) is 0.589. The summed E-state index contributed by atoms with van der Waals surface area (Å²) in [5.41, 5.74) is 14.3. The van der Waals surface area contributed by atoms with Crippen molar-refractivity contribution in [3.05, 3.63) is 202 Å². The number of rotatable bonds is 26. The fraction of sp³-hybridized carbons (Fsp3) is 0.394. The minimum atomic E-state index is -5.71. The lowest BCUT2D eigenvalue weighted by atomic mass is 9.88. The molecule has 0 radical (unpaired) electrons. The number of halogens is 10. The highest BCUT2D eigenvalue weighted by Gasteiger charge is 2.57. The second-order valence-electron chi connectivity index (χ2n) is 20.8. The molecule has 8 rings (SSSR count). The number of aryl methyl sites for hydroxylation is 2. The van der Waals surface area contributed by atoms with Crippen molar-refractivity contribution < 1.29 is 53.4 Å². The molecule has 79 heavy (non-hydrogen) atoms. The molecule has 0 aliphatic heterocycles. The summed E-state index contributed by atoms with van der Waals surface area (Å²) in [7, 11) is 0. The Morgan fingerprint density at radius 2 is 0.722 bits per heavy atom. The van der Waals surface area contributed by atoms with Gasteiger partial charge in [0.2, 0.25) is 0 Å². The van der Waals surface area contributed by atoms with Gasteiger partial charge in [0, 0.05) is 23.3 Å². The third kappa shape index (κ3) is 16.1. The zero-order valence-electron chi connectivity index (χ0n) is 44.3. The van der Waals surface area contributed by atoms with E-state index < -0.39 is 60.4 Å². The fourth-order valence-corrected chi connectivity index (χ4v) is 12.7. The molecule has 0 aromatic heterocycles. The van der Waals surface area contributed by atoms with Gasteiger partial charge in [-0.15, -0.1) is 0 Å². The Balaban J connectivity index is 0.897. The predicted molar refractivity (Wildman–Crippen MR) is 300 cm³/mol. The topological polar surface area (TPSA) is 18.5 Å². The van der Waals surface area contributed by atoms with E-state index in [1.165, 1.54) is 67.4 Å². The number of hydrogen-bond acceptors (Lipinski definition) is 3. The highest BCUT2D eigenvalue weighted by Crippen LogP contribution is 2.45. The molecule has 2 nitrogen and oxygen atoms in total. The van der Waals surface area contributed by atoms with Crippen LogP contribution in [0.4, 0.5) is 43.9 Å². The molecule has 0 heterocycles. The first kappa shape index (κ1) is 59.2. The number of benzene rings is 6. The normalized spacial score (nSPS) is 15.2. The fourth-order valence-electron chi connectivity index (χ4n) is 11.0. The van der Waals surface area contributed by atoms with E-state index in [-0.39, 0.29) is 12.8 Å². The number of unbranched alkanes of at least 4 members (excludes halogenated alkanes) is 2. The molecule has 420 valence electrons. The molecule has 2 aliphatic rings.